The number of fused-ring (bicyclic) bond motifs is 2. The van der Waals surface area contributed by atoms with Crippen molar-refractivity contribution in [3.05, 3.63) is 29.3 Å². The highest BCUT2D eigenvalue weighted by molar-refractivity contribution is 6.00. The number of rotatable bonds is 1. The molecular formula is C14H15F3N2O. The summed E-state index contributed by atoms with van der Waals surface area (Å²) in [5, 5.41) is 0. The molecule has 6 heteroatoms. The van der Waals surface area contributed by atoms with Crippen molar-refractivity contribution in [2.75, 3.05) is 12.3 Å². The Bertz CT molecular complexity index is 556. The molecule has 2 aliphatic rings. The molecular weight excluding hydrogens is 269 g/mol. The number of likely N-dealkylation sites (tertiary alicyclic amines) is 1. The quantitative estimate of drug-likeness (QED) is 0.806. The Balaban J connectivity index is 1.93. The van der Waals surface area contributed by atoms with Crippen LogP contribution in [0.4, 0.5) is 18.9 Å². The second-order valence-electron chi connectivity index (χ2n) is 5.55. The van der Waals surface area contributed by atoms with Gasteiger partial charge in [0.1, 0.15) is 0 Å². The molecule has 1 aliphatic heterocycles. The van der Waals surface area contributed by atoms with E-state index >= 15 is 0 Å². The topological polar surface area (TPSA) is 46.3 Å². The molecule has 2 atom stereocenters. The van der Waals surface area contributed by atoms with Crippen molar-refractivity contribution in [3.8, 4) is 0 Å². The number of hydrogen-bond donors (Lipinski definition) is 1. The van der Waals surface area contributed by atoms with E-state index in [1.165, 1.54) is 12.1 Å². The molecule has 1 saturated carbocycles. The number of nitrogens with zero attached hydrogens (tertiary/aromatic N) is 1. The monoisotopic (exact) mass is 284 g/mol. The fourth-order valence-corrected chi connectivity index (χ4v) is 3.33. The van der Waals surface area contributed by atoms with Crippen molar-refractivity contribution in [2.45, 2.75) is 31.5 Å². The number of nitrogen functional groups attached to an aromatic ring is 1. The Morgan fingerprint density at radius 1 is 1.30 bits per heavy atom. The standard InChI is InChI=1S/C14H15F3N2O/c15-14(16,17)11-3-1-2-10(12(11)18)13(20)19-7-8-4-5-9(19)6-8/h1-3,8-9H,4-7,18H2. The van der Waals surface area contributed by atoms with Gasteiger partial charge in [-0.3, -0.25) is 4.79 Å². The van der Waals surface area contributed by atoms with Crippen LogP contribution in [0, 0.1) is 5.92 Å². The summed E-state index contributed by atoms with van der Waals surface area (Å²) in [5.41, 5.74) is 4.13. The van der Waals surface area contributed by atoms with Crippen molar-refractivity contribution < 1.29 is 18.0 Å². The second kappa shape index (κ2) is 4.40. The van der Waals surface area contributed by atoms with E-state index in [1.54, 1.807) is 4.90 Å². The molecule has 0 radical (unpaired) electrons. The number of piperidine rings is 1. The van der Waals surface area contributed by atoms with E-state index in [1.807, 2.05) is 0 Å². The number of carbonyl (C=O) groups is 1. The van der Waals surface area contributed by atoms with Crippen LogP contribution < -0.4 is 5.73 Å². The van der Waals surface area contributed by atoms with Crippen LogP contribution in [-0.4, -0.2) is 23.4 Å². The van der Waals surface area contributed by atoms with E-state index in [9.17, 15) is 18.0 Å². The van der Waals surface area contributed by atoms with Crippen LogP contribution in [0.1, 0.15) is 35.2 Å². The number of para-hydroxylation sites is 1. The average molecular weight is 284 g/mol. The predicted octanol–water partition coefficient (Wildman–Crippen LogP) is 2.91. The minimum absolute atomic E-state index is 0.0348. The molecule has 2 N–H and O–H groups in total. The van der Waals surface area contributed by atoms with Crippen LogP contribution in [0.15, 0.2) is 18.2 Å². The summed E-state index contributed by atoms with van der Waals surface area (Å²) < 4.78 is 38.4. The first-order valence-electron chi connectivity index (χ1n) is 6.64. The lowest BCUT2D eigenvalue weighted by atomic mass is 10.0. The number of amides is 1. The third kappa shape index (κ3) is 2.03. The highest BCUT2D eigenvalue weighted by Gasteiger charge is 2.41. The Labute approximate surface area is 114 Å². The first-order chi connectivity index (χ1) is 9.38. The number of carbonyl (C=O) groups excluding carboxylic acids is 1. The first-order valence-corrected chi connectivity index (χ1v) is 6.64. The minimum atomic E-state index is -4.54. The van der Waals surface area contributed by atoms with Crippen molar-refractivity contribution in [3.63, 3.8) is 0 Å². The van der Waals surface area contributed by atoms with E-state index < -0.39 is 17.4 Å². The van der Waals surface area contributed by atoms with Crippen LogP contribution in [-0.2, 0) is 6.18 Å². The SMILES string of the molecule is Nc1c(C(=O)N2CC3CCC2C3)cccc1C(F)(F)F. The van der Waals surface area contributed by atoms with E-state index in [4.69, 9.17) is 5.73 Å². The highest BCUT2D eigenvalue weighted by Crippen LogP contribution is 2.40. The highest BCUT2D eigenvalue weighted by atomic mass is 19.4. The van der Waals surface area contributed by atoms with Gasteiger partial charge in [-0.2, -0.15) is 13.2 Å². The summed E-state index contributed by atoms with van der Waals surface area (Å²) in [6, 6.07) is 3.68. The molecule has 1 aromatic rings. The van der Waals surface area contributed by atoms with Crippen LogP contribution in [0.5, 0.6) is 0 Å². The zero-order valence-corrected chi connectivity index (χ0v) is 10.8. The maximum Gasteiger partial charge on any atom is 0.418 e. The maximum absolute atomic E-state index is 12.8. The molecule has 20 heavy (non-hydrogen) atoms. The molecule has 0 spiro atoms. The average Bonchev–Trinajstić information content (AvgIpc) is 2.99. The van der Waals surface area contributed by atoms with Gasteiger partial charge in [-0.15, -0.1) is 0 Å². The lowest BCUT2D eigenvalue weighted by molar-refractivity contribution is -0.136. The molecule has 2 bridgehead atoms. The number of halogens is 3. The number of anilines is 1. The number of benzene rings is 1. The molecule has 3 rings (SSSR count). The van der Waals surface area contributed by atoms with Crippen molar-refractivity contribution >= 4 is 11.6 Å². The molecule has 1 heterocycles. The van der Waals surface area contributed by atoms with E-state index in [0.29, 0.717) is 12.5 Å². The van der Waals surface area contributed by atoms with Crippen LogP contribution in [0.2, 0.25) is 0 Å². The van der Waals surface area contributed by atoms with Gasteiger partial charge >= 0.3 is 6.18 Å². The summed E-state index contributed by atoms with van der Waals surface area (Å²) in [7, 11) is 0. The Kier molecular flexibility index (Phi) is 2.92. The normalized spacial score (nSPS) is 25.2. The van der Waals surface area contributed by atoms with Gasteiger partial charge in [-0.1, -0.05) is 6.07 Å². The first kappa shape index (κ1) is 13.3. The third-order valence-electron chi connectivity index (χ3n) is 4.31. The molecule has 0 aromatic heterocycles. The largest absolute Gasteiger partial charge is 0.418 e. The van der Waals surface area contributed by atoms with E-state index in [2.05, 4.69) is 0 Å². The Morgan fingerprint density at radius 2 is 2.05 bits per heavy atom. The fraction of sp³-hybridized carbons (Fsp3) is 0.500. The van der Waals surface area contributed by atoms with Gasteiger partial charge in [0, 0.05) is 12.6 Å². The van der Waals surface area contributed by atoms with Crippen molar-refractivity contribution in [2.24, 2.45) is 5.92 Å². The summed E-state index contributed by atoms with van der Waals surface area (Å²) in [5.74, 6) is 0.122. The predicted molar refractivity (Wildman–Crippen MR) is 68.0 cm³/mol. The molecule has 2 fully saturated rings. The number of hydrogen-bond acceptors (Lipinski definition) is 2. The van der Waals surface area contributed by atoms with Gasteiger partial charge in [0.2, 0.25) is 0 Å². The van der Waals surface area contributed by atoms with Gasteiger partial charge < -0.3 is 10.6 Å². The summed E-state index contributed by atoms with van der Waals surface area (Å²) in [6.45, 7) is 0.638. The zero-order chi connectivity index (χ0) is 14.5. The van der Waals surface area contributed by atoms with Gasteiger partial charge in [-0.05, 0) is 37.3 Å². The van der Waals surface area contributed by atoms with Gasteiger partial charge in [0.25, 0.3) is 5.91 Å². The molecule has 1 saturated heterocycles. The Hall–Kier alpha value is -1.72. The molecule has 3 nitrogen and oxygen atoms in total. The summed E-state index contributed by atoms with van der Waals surface area (Å²) in [6.07, 6.45) is -1.53. The Morgan fingerprint density at radius 3 is 2.60 bits per heavy atom. The second-order valence-corrected chi connectivity index (χ2v) is 5.55. The smallest absolute Gasteiger partial charge is 0.398 e. The van der Waals surface area contributed by atoms with Gasteiger partial charge in [-0.25, -0.2) is 0 Å². The molecule has 1 amide bonds. The number of nitrogens with two attached hydrogens (primary N) is 1. The van der Waals surface area contributed by atoms with E-state index in [0.717, 1.165) is 25.3 Å². The summed E-state index contributed by atoms with van der Waals surface area (Å²) in [4.78, 5) is 14.1. The van der Waals surface area contributed by atoms with Gasteiger partial charge in [0.15, 0.2) is 0 Å². The number of alkyl halides is 3. The van der Waals surface area contributed by atoms with Crippen molar-refractivity contribution in [1.29, 1.82) is 0 Å². The lowest BCUT2D eigenvalue weighted by Gasteiger charge is -2.28. The van der Waals surface area contributed by atoms with Gasteiger partial charge in [0.05, 0.1) is 16.8 Å². The molecule has 2 unspecified atom stereocenters. The van der Waals surface area contributed by atoms with E-state index in [-0.39, 0.29) is 17.5 Å². The minimum Gasteiger partial charge on any atom is -0.398 e. The zero-order valence-electron chi connectivity index (χ0n) is 10.8. The van der Waals surface area contributed by atoms with Crippen LogP contribution >= 0.6 is 0 Å². The molecule has 1 aliphatic carbocycles. The van der Waals surface area contributed by atoms with Crippen LogP contribution in [0.25, 0.3) is 0 Å². The molecule has 108 valence electrons. The maximum atomic E-state index is 12.8. The molecule has 1 aromatic carbocycles. The third-order valence-corrected chi connectivity index (χ3v) is 4.31. The lowest BCUT2D eigenvalue weighted by Crippen LogP contribution is -2.38. The fourth-order valence-electron chi connectivity index (χ4n) is 3.33. The van der Waals surface area contributed by atoms with Crippen molar-refractivity contribution in [1.82, 2.24) is 4.90 Å². The van der Waals surface area contributed by atoms with Crippen LogP contribution in [0.3, 0.4) is 0 Å². The summed E-state index contributed by atoms with van der Waals surface area (Å²) >= 11 is 0.